The first-order chi connectivity index (χ1) is 10.1. The number of ether oxygens (including phenoxy) is 1. The summed E-state index contributed by atoms with van der Waals surface area (Å²) in [6.07, 6.45) is 1.14. The number of rotatable bonds is 1. The molecule has 1 aromatic rings. The van der Waals surface area contributed by atoms with Crippen LogP contribution in [0.3, 0.4) is 0 Å². The fraction of sp³-hybridized carbons (Fsp3) is 0.733. The van der Waals surface area contributed by atoms with Gasteiger partial charge in [-0.1, -0.05) is 5.16 Å². The van der Waals surface area contributed by atoms with E-state index in [2.05, 4.69) is 17.1 Å². The Hall–Kier alpha value is -1.40. The number of carbonyl (C=O) groups is 1. The molecule has 0 aromatic carbocycles. The predicted molar refractivity (Wildman–Crippen MR) is 77.2 cm³/mol. The topological polar surface area (TPSA) is 58.8 Å². The zero-order valence-electron chi connectivity index (χ0n) is 13.0. The SMILES string of the molecule is Cc1noc(C)c1C(=O)N1CC[C@H]2CN(C)CCO[C@H]2C1. The number of aryl methyl sites for hydroxylation is 2. The highest BCUT2D eigenvalue weighted by Gasteiger charge is 2.35. The molecule has 0 N–H and O–H groups in total. The second kappa shape index (κ2) is 5.77. The number of likely N-dealkylation sites (tertiary alicyclic amines) is 1. The van der Waals surface area contributed by atoms with Crippen molar-refractivity contribution in [1.82, 2.24) is 15.0 Å². The van der Waals surface area contributed by atoms with Gasteiger partial charge in [-0.25, -0.2) is 0 Å². The third kappa shape index (κ3) is 2.82. The number of nitrogens with zero attached hydrogens (tertiary/aromatic N) is 3. The molecule has 0 saturated carbocycles. The Balaban J connectivity index is 1.73. The molecule has 0 unspecified atom stereocenters. The number of hydrogen-bond acceptors (Lipinski definition) is 5. The van der Waals surface area contributed by atoms with Crippen LogP contribution < -0.4 is 0 Å². The second-order valence-corrected chi connectivity index (χ2v) is 6.17. The normalized spacial score (nSPS) is 27.3. The fourth-order valence-electron chi connectivity index (χ4n) is 3.35. The molecule has 3 heterocycles. The Kier molecular flexibility index (Phi) is 3.99. The van der Waals surface area contributed by atoms with Gasteiger partial charge in [0.15, 0.2) is 0 Å². The molecule has 1 aromatic heterocycles. The molecular weight excluding hydrogens is 270 g/mol. The van der Waals surface area contributed by atoms with E-state index in [0.29, 0.717) is 29.5 Å². The molecule has 116 valence electrons. The summed E-state index contributed by atoms with van der Waals surface area (Å²) in [4.78, 5) is 16.9. The van der Waals surface area contributed by atoms with Crippen LogP contribution in [0, 0.1) is 19.8 Å². The van der Waals surface area contributed by atoms with E-state index in [-0.39, 0.29) is 12.0 Å². The van der Waals surface area contributed by atoms with E-state index in [0.717, 1.165) is 32.7 Å². The second-order valence-electron chi connectivity index (χ2n) is 6.17. The maximum absolute atomic E-state index is 12.7. The molecule has 6 nitrogen and oxygen atoms in total. The van der Waals surface area contributed by atoms with Crippen molar-refractivity contribution in [2.45, 2.75) is 26.4 Å². The van der Waals surface area contributed by atoms with Crippen LogP contribution in [0.25, 0.3) is 0 Å². The molecule has 2 fully saturated rings. The van der Waals surface area contributed by atoms with Crippen LogP contribution in [-0.4, -0.2) is 66.8 Å². The predicted octanol–water partition coefficient (Wildman–Crippen LogP) is 1.08. The molecule has 21 heavy (non-hydrogen) atoms. The first kappa shape index (κ1) is 14.5. The van der Waals surface area contributed by atoms with E-state index in [4.69, 9.17) is 9.26 Å². The monoisotopic (exact) mass is 293 g/mol. The highest BCUT2D eigenvalue weighted by atomic mass is 16.5. The van der Waals surface area contributed by atoms with Crippen LogP contribution in [0.4, 0.5) is 0 Å². The highest BCUT2D eigenvalue weighted by molar-refractivity contribution is 5.96. The van der Waals surface area contributed by atoms with E-state index in [1.807, 2.05) is 11.8 Å². The van der Waals surface area contributed by atoms with Gasteiger partial charge in [0, 0.05) is 32.1 Å². The number of likely N-dealkylation sites (N-methyl/N-ethyl adjacent to an activating group) is 1. The Bertz CT molecular complexity index is 509. The smallest absolute Gasteiger partial charge is 0.259 e. The highest BCUT2D eigenvalue weighted by Crippen LogP contribution is 2.25. The molecule has 0 aliphatic carbocycles. The lowest BCUT2D eigenvalue weighted by Crippen LogP contribution is -2.49. The lowest BCUT2D eigenvalue weighted by molar-refractivity contribution is -0.0171. The summed E-state index contributed by atoms with van der Waals surface area (Å²) in [7, 11) is 2.13. The lowest BCUT2D eigenvalue weighted by atomic mass is 9.93. The van der Waals surface area contributed by atoms with Crippen molar-refractivity contribution in [3.8, 4) is 0 Å². The van der Waals surface area contributed by atoms with Gasteiger partial charge in [0.2, 0.25) is 0 Å². The van der Waals surface area contributed by atoms with Gasteiger partial charge in [-0.3, -0.25) is 4.79 Å². The third-order valence-electron chi connectivity index (χ3n) is 4.58. The van der Waals surface area contributed by atoms with Crippen LogP contribution in [0.15, 0.2) is 4.52 Å². The number of hydrogen-bond donors (Lipinski definition) is 0. The van der Waals surface area contributed by atoms with Crippen molar-refractivity contribution < 1.29 is 14.1 Å². The summed E-state index contributed by atoms with van der Waals surface area (Å²) < 4.78 is 11.1. The zero-order chi connectivity index (χ0) is 15.0. The Morgan fingerprint density at radius 2 is 2.10 bits per heavy atom. The number of amides is 1. The maximum atomic E-state index is 12.7. The minimum Gasteiger partial charge on any atom is -0.375 e. The van der Waals surface area contributed by atoms with E-state index in [1.165, 1.54) is 0 Å². The number of fused-ring (bicyclic) bond motifs is 1. The summed E-state index contributed by atoms with van der Waals surface area (Å²) >= 11 is 0. The van der Waals surface area contributed by atoms with Gasteiger partial charge >= 0.3 is 0 Å². The van der Waals surface area contributed by atoms with E-state index < -0.39 is 0 Å². The number of piperidine rings is 1. The first-order valence-corrected chi connectivity index (χ1v) is 7.58. The molecule has 2 aliphatic heterocycles. The molecule has 2 saturated heterocycles. The number of aromatic nitrogens is 1. The Labute approximate surface area is 125 Å². The molecule has 2 atom stereocenters. The molecule has 0 spiro atoms. The van der Waals surface area contributed by atoms with Gasteiger partial charge in [-0.15, -0.1) is 0 Å². The van der Waals surface area contributed by atoms with E-state index in [1.54, 1.807) is 6.92 Å². The van der Waals surface area contributed by atoms with Crippen molar-refractivity contribution in [3.05, 3.63) is 17.0 Å². The molecule has 3 rings (SSSR count). The van der Waals surface area contributed by atoms with Crippen LogP contribution in [0.1, 0.15) is 28.2 Å². The summed E-state index contributed by atoms with van der Waals surface area (Å²) in [6, 6.07) is 0. The summed E-state index contributed by atoms with van der Waals surface area (Å²) in [5.74, 6) is 1.14. The maximum Gasteiger partial charge on any atom is 0.259 e. The van der Waals surface area contributed by atoms with Crippen molar-refractivity contribution in [3.63, 3.8) is 0 Å². The molecule has 6 heteroatoms. The minimum absolute atomic E-state index is 0.0194. The van der Waals surface area contributed by atoms with Gasteiger partial charge < -0.3 is 19.1 Å². The quantitative estimate of drug-likeness (QED) is 0.775. The Morgan fingerprint density at radius 1 is 1.29 bits per heavy atom. The zero-order valence-corrected chi connectivity index (χ0v) is 13.0. The van der Waals surface area contributed by atoms with Crippen LogP contribution >= 0.6 is 0 Å². The molecule has 1 amide bonds. The summed E-state index contributed by atoms with van der Waals surface area (Å²) in [5.41, 5.74) is 1.28. The minimum atomic E-state index is 0.0194. The van der Waals surface area contributed by atoms with Gasteiger partial charge in [0.25, 0.3) is 5.91 Å². The average molecular weight is 293 g/mol. The first-order valence-electron chi connectivity index (χ1n) is 7.58. The van der Waals surface area contributed by atoms with Crippen LogP contribution in [0.2, 0.25) is 0 Å². The summed E-state index contributed by atoms with van der Waals surface area (Å²) in [6.45, 7) is 7.81. The lowest BCUT2D eigenvalue weighted by Gasteiger charge is -2.37. The van der Waals surface area contributed by atoms with Crippen molar-refractivity contribution in [1.29, 1.82) is 0 Å². The number of carbonyl (C=O) groups excluding carboxylic acids is 1. The Morgan fingerprint density at radius 3 is 2.81 bits per heavy atom. The molecule has 2 aliphatic rings. The van der Waals surface area contributed by atoms with Gasteiger partial charge in [0.05, 0.1) is 18.4 Å². The average Bonchev–Trinajstić information content (AvgIpc) is 2.68. The molecule has 0 radical (unpaired) electrons. The van der Waals surface area contributed by atoms with Gasteiger partial charge in [0.1, 0.15) is 11.3 Å². The van der Waals surface area contributed by atoms with Crippen molar-refractivity contribution >= 4 is 5.91 Å². The van der Waals surface area contributed by atoms with Crippen LogP contribution in [0.5, 0.6) is 0 Å². The van der Waals surface area contributed by atoms with Crippen molar-refractivity contribution in [2.75, 3.05) is 39.8 Å². The van der Waals surface area contributed by atoms with Crippen molar-refractivity contribution in [2.24, 2.45) is 5.92 Å². The molecular formula is C15H23N3O3. The van der Waals surface area contributed by atoms with Gasteiger partial charge in [-0.05, 0) is 27.3 Å². The molecule has 0 bridgehead atoms. The van der Waals surface area contributed by atoms with Gasteiger partial charge in [-0.2, -0.15) is 0 Å². The summed E-state index contributed by atoms with van der Waals surface area (Å²) in [5, 5.41) is 3.88. The van der Waals surface area contributed by atoms with E-state index >= 15 is 0 Å². The third-order valence-corrected chi connectivity index (χ3v) is 4.58. The van der Waals surface area contributed by atoms with Crippen LogP contribution in [-0.2, 0) is 4.74 Å². The fourth-order valence-corrected chi connectivity index (χ4v) is 3.35. The standard InChI is InChI=1S/C15H23N3O3/c1-10-14(11(2)21-16-10)15(19)18-5-4-12-8-17(3)6-7-20-13(12)9-18/h12-13H,4-9H2,1-3H3/t12-,13-/m0/s1. The largest absolute Gasteiger partial charge is 0.375 e. The van der Waals surface area contributed by atoms with E-state index in [9.17, 15) is 4.79 Å².